The van der Waals surface area contributed by atoms with E-state index in [1.165, 1.54) is 5.56 Å². The summed E-state index contributed by atoms with van der Waals surface area (Å²) < 4.78 is 0. The number of rotatable bonds is 3. The molecule has 0 saturated carbocycles. The van der Waals surface area contributed by atoms with Gasteiger partial charge in [-0.15, -0.1) is 0 Å². The van der Waals surface area contributed by atoms with Gasteiger partial charge in [-0.2, -0.15) is 0 Å². The highest BCUT2D eigenvalue weighted by Gasteiger charge is 2.39. The van der Waals surface area contributed by atoms with Crippen molar-refractivity contribution < 1.29 is 14.7 Å². The minimum atomic E-state index is -0.777. The van der Waals surface area contributed by atoms with Crippen molar-refractivity contribution in [2.45, 2.75) is 70.3 Å². The number of hydrogen-bond acceptors (Lipinski definition) is 5. The second-order valence-electron chi connectivity index (χ2n) is 8.38. The van der Waals surface area contributed by atoms with Crippen molar-refractivity contribution in [2.24, 2.45) is 0 Å². The summed E-state index contributed by atoms with van der Waals surface area (Å²) >= 11 is 0. The molecule has 1 aromatic carbocycles. The van der Waals surface area contributed by atoms with Gasteiger partial charge in [0, 0.05) is 19.0 Å². The molecule has 3 heterocycles. The van der Waals surface area contributed by atoms with Crippen LogP contribution in [0, 0.1) is 0 Å². The maximum atomic E-state index is 12.2. The zero-order valence-electron chi connectivity index (χ0n) is 16.1. The summed E-state index contributed by atoms with van der Waals surface area (Å²) in [7, 11) is 0. The van der Waals surface area contributed by atoms with E-state index in [0.717, 1.165) is 37.1 Å². The van der Waals surface area contributed by atoms with Gasteiger partial charge in [-0.1, -0.05) is 18.2 Å². The zero-order valence-corrected chi connectivity index (χ0v) is 16.1. The van der Waals surface area contributed by atoms with Crippen molar-refractivity contribution in [2.75, 3.05) is 13.1 Å². The van der Waals surface area contributed by atoms with Crippen molar-refractivity contribution >= 4 is 11.8 Å². The molecule has 0 aromatic heterocycles. The van der Waals surface area contributed by atoms with Crippen LogP contribution < -0.4 is 5.32 Å². The van der Waals surface area contributed by atoms with Gasteiger partial charge < -0.3 is 10.0 Å². The van der Waals surface area contributed by atoms with E-state index in [4.69, 9.17) is 0 Å². The molecule has 6 nitrogen and oxygen atoms in total. The first-order valence-electron chi connectivity index (χ1n) is 10.1. The number of aliphatic hydroxyl groups is 1. The molecule has 2 fully saturated rings. The number of aliphatic hydroxyl groups excluding tert-OH is 1. The van der Waals surface area contributed by atoms with E-state index in [1.807, 2.05) is 11.0 Å². The Balaban J connectivity index is 1.47. The van der Waals surface area contributed by atoms with Crippen LogP contribution in [0.2, 0.25) is 0 Å². The Morgan fingerprint density at radius 1 is 1.15 bits per heavy atom. The van der Waals surface area contributed by atoms with E-state index in [0.29, 0.717) is 31.3 Å². The lowest BCUT2D eigenvalue weighted by Crippen LogP contribution is -2.51. The van der Waals surface area contributed by atoms with Crippen LogP contribution in [0.4, 0.5) is 0 Å². The quantitative estimate of drug-likeness (QED) is 0.794. The molecule has 3 aliphatic rings. The van der Waals surface area contributed by atoms with Gasteiger partial charge in [0.05, 0.1) is 6.04 Å². The number of carbonyl (C=O) groups excluding carboxylic acids is 2. The summed E-state index contributed by atoms with van der Waals surface area (Å²) in [5.41, 5.74) is 3.34. The van der Waals surface area contributed by atoms with Crippen LogP contribution in [0.15, 0.2) is 18.2 Å². The van der Waals surface area contributed by atoms with Crippen molar-refractivity contribution in [3.05, 3.63) is 34.9 Å². The standard InChI is InChI=1S/C21H29N3O3/c1-13(2)23-9-7-14(8-10-23)15-3-4-17-16(11-15)12-24(21(17)27)18-5-6-19(25)22-20(18)26/h3-4,11,13-14,18,21,27H,5-10,12H2,1-2H3,(H,22,25,26). The number of likely N-dealkylation sites (tertiary alicyclic amines) is 1. The van der Waals surface area contributed by atoms with Gasteiger partial charge in [0.2, 0.25) is 11.8 Å². The molecule has 146 valence electrons. The Kier molecular flexibility index (Phi) is 5.05. The Morgan fingerprint density at radius 3 is 2.56 bits per heavy atom. The van der Waals surface area contributed by atoms with Crippen molar-refractivity contribution in [3.8, 4) is 0 Å². The molecule has 6 heteroatoms. The molecule has 0 radical (unpaired) electrons. The van der Waals surface area contributed by atoms with E-state index < -0.39 is 12.3 Å². The van der Waals surface area contributed by atoms with Gasteiger partial charge in [-0.25, -0.2) is 0 Å². The van der Waals surface area contributed by atoms with Crippen LogP contribution >= 0.6 is 0 Å². The number of piperidine rings is 2. The molecular formula is C21H29N3O3. The molecule has 0 spiro atoms. The van der Waals surface area contributed by atoms with Crippen LogP contribution in [-0.2, 0) is 16.1 Å². The molecular weight excluding hydrogens is 342 g/mol. The molecule has 2 atom stereocenters. The van der Waals surface area contributed by atoms with E-state index in [9.17, 15) is 14.7 Å². The summed E-state index contributed by atoms with van der Waals surface area (Å²) in [5, 5.41) is 13.1. The van der Waals surface area contributed by atoms with Crippen LogP contribution in [-0.4, -0.2) is 51.9 Å². The molecule has 2 saturated heterocycles. The lowest BCUT2D eigenvalue weighted by molar-refractivity contribution is -0.141. The van der Waals surface area contributed by atoms with E-state index in [-0.39, 0.29) is 11.8 Å². The summed E-state index contributed by atoms with van der Waals surface area (Å²) in [6.45, 7) is 7.32. The molecule has 2 amide bonds. The molecule has 0 aliphatic carbocycles. The van der Waals surface area contributed by atoms with Gasteiger partial charge in [-0.3, -0.25) is 19.8 Å². The smallest absolute Gasteiger partial charge is 0.244 e. The SMILES string of the molecule is CC(C)N1CCC(c2ccc3c(c2)CN(C2CCC(=O)NC2=O)C3O)CC1. The third-order valence-corrected chi connectivity index (χ3v) is 6.45. The van der Waals surface area contributed by atoms with Crippen LogP contribution in [0.1, 0.15) is 68.4 Å². The monoisotopic (exact) mass is 371 g/mol. The average Bonchev–Trinajstić information content (AvgIpc) is 2.98. The summed E-state index contributed by atoms with van der Waals surface area (Å²) in [4.78, 5) is 27.9. The van der Waals surface area contributed by atoms with Crippen LogP contribution in [0.5, 0.6) is 0 Å². The summed E-state index contributed by atoms with van der Waals surface area (Å²) in [5.74, 6) is 0.0453. The topological polar surface area (TPSA) is 72.9 Å². The summed E-state index contributed by atoms with van der Waals surface area (Å²) in [6, 6.07) is 6.55. The average molecular weight is 371 g/mol. The first-order chi connectivity index (χ1) is 12.9. The van der Waals surface area contributed by atoms with Crippen LogP contribution in [0.3, 0.4) is 0 Å². The molecule has 3 aliphatic heterocycles. The number of amides is 2. The number of hydrogen-bond donors (Lipinski definition) is 2. The van der Waals surface area contributed by atoms with Crippen molar-refractivity contribution in [3.63, 3.8) is 0 Å². The van der Waals surface area contributed by atoms with Crippen molar-refractivity contribution in [1.82, 2.24) is 15.1 Å². The molecule has 1 aromatic rings. The fourth-order valence-electron chi connectivity index (χ4n) is 4.76. The van der Waals surface area contributed by atoms with Gasteiger partial charge >= 0.3 is 0 Å². The maximum Gasteiger partial charge on any atom is 0.244 e. The minimum Gasteiger partial charge on any atom is -0.374 e. The van der Waals surface area contributed by atoms with Gasteiger partial charge in [0.1, 0.15) is 6.23 Å². The fourth-order valence-corrected chi connectivity index (χ4v) is 4.76. The molecule has 27 heavy (non-hydrogen) atoms. The fraction of sp³-hybridized carbons (Fsp3) is 0.619. The maximum absolute atomic E-state index is 12.2. The predicted octanol–water partition coefficient (Wildman–Crippen LogP) is 1.89. The Bertz CT molecular complexity index is 740. The second-order valence-corrected chi connectivity index (χ2v) is 8.38. The number of nitrogens with zero attached hydrogens (tertiary/aromatic N) is 2. The molecule has 0 bridgehead atoms. The van der Waals surface area contributed by atoms with Gasteiger partial charge in [-0.05, 0) is 68.8 Å². The predicted molar refractivity (Wildman–Crippen MR) is 102 cm³/mol. The highest BCUT2D eigenvalue weighted by atomic mass is 16.3. The minimum absolute atomic E-state index is 0.225. The lowest BCUT2D eigenvalue weighted by atomic mass is 9.87. The largest absolute Gasteiger partial charge is 0.374 e. The van der Waals surface area contributed by atoms with Crippen LogP contribution in [0.25, 0.3) is 0 Å². The lowest BCUT2D eigenvalue weighted by Gasteiger charge is -2.34. The Labute approximate surface area is 160 Å². The van der Waals surface area contributed by atoms with E-state index in [1.54, 1.807) is 0 Å². The highest BCUT2D eigenvalue weighted by molar-refractivity contribution is 6.00. The normalized spacial score (nSPS) is 27.9. The Morgan fingerprint density at radius 2 is 1.89 bits per heavy atom. The summed E-state index contributed by atoms with van der Waals surface area (Å²) in [6.07, 6.45) is 2.35. The number of nitrogens with one attached hydrogen (secondary N) is 1. The van der Waals surface area contributed by atoms with Gasteiger partial charge in [0.25, 0.3) is 0 Å². The first-order valence-corrected chi connectivity index (χ1v) is 10.1. The number of fused-ring (bicyclic) bond motifs is 1. The molecule has 4 rings (SSSR count). The third-order valence-electron chi connectivity index (χ3n) is 6.45. The molecule has 2 unspecified atom stereocenters. The second kappa shape index (κ2) is 7.34. The number of benzene rings is 1. The molecule has 2 N–H and O–H groups in total. The number of imide groups is 1. The first kappa shape index (κ1) is 18.6. The highest BCUT2D eigenvalue weighted by Crippen LogP contribution is 2.38. The van der Waals surface area contributed by atoms with E-state index >= 15 is 0 Å². The third kappa shape index (κ3) is 3.53. The zero-order chi connectivity index (χ0) is 19.1. The number of carbonyl (C=O) groups is 2. The van der Waals surface area contributed by atoms with Gasteiger partial charge in [0.15, 0.2) is 0 Å². The van der Waals surface area contributed by atoms with E-state index in [2.05, 4.69) is 36.2 Å². The Hall–Kier alpha value is -1.76. The van der Waals surface area contributed by atoms with Crippen molar-refractivity contribution in [1.29, 1.82) is 0 Å².